The van der Waals surface area contributed by atoms with Crippen LogP contribution in [-0.4, -0.2) is 28.9 Å². The monoisotopic (exact) mass is 312 g/mol. The highest BCUT2D eigenvalue weighted by molar-refractivity contribution is 5.95. The summed E-state index contributed by atoms with van der Waals surface area (Å²) < 4.78 is 13.0. The fourth-order valence-corrected chi connectivity index (χ4v) is 3.11. The van der Waals surface area contributed by atoms with Gasteiger partial charge in [-0.15, -0.1) is 0 Å². The molecule has 0 bridgehead atoms. The molecule has 23 heavy (non-hydrogen) atoms. The van der Waals surface area contributed by atoms with Crippen LogP contribution in [0.25, 0.3) is 11.3 Å². The lowest BCUT2D eigenvalue weighted by atomic mass is 9.99. The van der Waals surface area contributed by atoms with E-state index in [4.69, 9.17) is 0 Å². The second-order valence-electron chi connectivity index (χ2n) is 6.33. The molecule has 4 heteroatoms. The van der Waals surface area contributed by atoms with E-state index >= 15 is 0 Å². The minimum absolute atomic E-state index is 0.0622. The number of likely N-dealkylation sites (tertiary alicyclic amines) is 1. The van der Waals surface area contributed by atoms with Gasteiger partial charge in [-0.3, -0.25) is 9.78 Å². The number of amides is 1. The highest BCUT2D eigenvalue weighted by Gasteiger charge is 2.23. The van der Waals surface area contributed by atoms with E-state index in [0.29, 0.717) is 11.5 Å². The van der Waals surface area contributed by atoms with Gasteiger partial charge in [-0.1, -0.05) is 6.92 Å². The van der Waals surface area contributed by atoms with Crippen molar-refractivity contribution in [1.29, 1.82) is 0 Å². The highest BCUT2D eigenvalue weighted by Crippen LogP contribution is 2.22. The molecule has 2 heterocycles. The molecule has 1 atom stereocenters. The van der Waals surface area contributed by atoms with Crippen molar-refractivity contribution < 1.29 is 9.18 Å². The quantitative estimate of drug-likeness (QED) is 0.837. The van der Waals surface area contributed by atoms with Crippen LogP contribution in [-0.2, 0) is 0 Å². The van der Waals surface area contributed by atoms with Crippen LogP contribution in [0.1, 0.15) is 35.8 Å². The molecule has 0 saturated carbocycles. The highest BCUT2D eigenvalue weighted by atomic mass is 19.1. The second kappa shape index (κ2) is 6.49. The number of pyridine rings is 1. The lowest BCUT2D eigenvalue weighted by Gasteiger charge is -2.31. The predicted molar refractivity (Wildman–Crippen MR) is 88.7 cm³/mol. The molecule has 0 radical (unpaired) electrons. The topological polar surface area (TPSA) is 33.2 Å². The standard InChI is InChI=1S/C19H21FN2O/c1-13-4-3-11-22(12-13)19(23)17-9-10-18(21-14(17)2)15-5-7-16(20)8-6-15/h5-10,13H,3-4,11-12H2,1-2H3/t13-/m0/s1. The molecule has 1 saturated heterocycles. The van der Waals surface area contributed by atoms with Crippen molar-refractivity contribution >= 4 is 5.91 Å². The predicted octanol–water partition coefficient (Wildman–Crippen LogP) is 4.07. The van der Waals surface area contributed by atoms with Crippen molar-refractivity contribution in [3.8, 4) is 11.3 Å². The third-order valence-electron chi connectivity index (χ3n) is 4.40. The number of halogens is 1. The Bertz CT molecular complexity index is 712. The van der Waals surface area contributed by atoms with Crippen molar-refractivity contribution in [2.24, 2.45) is 5.92 Å². The summed E-state index contributed by atoms with van der Waals surface area (Å²) in [4.78, 5) is 19.2. The molecule has 2 aromatic rings. The van der Waals surface area contributed by atoms with Crippen LogP contribution in [0.2, 0.25) is 0 Å². The first-order valence-corrected chi connectivity index (χ1v) is 8.07. The number of nitrogens with zero attached hydrogens (tertiary/aromatic N) is 2. The molecule has 3 rings (SSSR count). The molecule has 1 aliphatic heterocycles. The van der Waals surface area contributed by atoms with Crippen LogP contribution in [0.5, 0.6) is 0 Å². The number of aryl methyl sites for hydroxylation is 1. The number of carbonyl (C=O) groups excluding carboxylic acids is 1. The van der Waals surface area contributed by atoms with Crippen LogP contribution in [0.4, 0.5) is 4.39 Å². The minimum atomic E-state index is -0.267. The summed E-state index contributed by atoms with van der Waals surface area (Å²) in [6, 6.07) is 9.90. The van der Waals surface area contributed by atoms with E-state index in [9.17, 15) is 9.18 Å². The SMILES string of the molecule is Cc1nc(-c2ccc(F)cc2)ccc1C(=O)N1CCC[C@H](C)C1. The van der Waals surface area contributed by atoms with Gasteiger partial charge >= 0.3 is 0 Å². The first-order valence-electron chi connectivity index (χ1n) is 8.07. The van der Waals surface area contributed by atoms with Crippen LogP contribution >= 0.6 is 0 Å². The Hall–Kier alpha value is -2.23. The van der Waals surface area contributed by atoms with Gasteiger partial charge in [-0.2, -0.15) is 0 Å². The van der Waals surface area contributed by atoms with Crippen molar-refractivity contribution in [2.75, 3.05) is 13.1 Å². The number of hydrogen-bond acceptors (Lipinski definition) is 2. The van der Waals surface area contributed by atoms with E-state index in [0.717, 1.165) is 36.5 Å². The fraction of sp³-hybridized carbons (Fsp3) is 0.368. The van der Waals surface area contributed by atoms with Crippen molar-refractivity contribution in [1.82, 2.24) is 9.88 Å². The van der Waals surface area contributed by atoms with E-state index in [1.165, 1.54) is 18.6 Å². The third-order valence-corrected chi connectivity index (χ3v) is 4.40. The van der Waals surface area contributed by atoms with E-state index in [2.05, 4.69) is 11.9 Å². The number of rotatable bonds is 2. The molecule has 1 aromatic heterocycles. The van der Waals surface area contributed by atoms with Gasteiger partial charge in [0.2, 0.25) is 0 Å². The summed E-state index contributed by atoms with van der Waals surface area (Å²) >= 11 is 0. The van der Waals surface area contributed by atoms with Crippen molar-refractivity contribution in [3.63, 3.8) is 0 Å². The van der Waals surface area contributed by atoms with Crippen LogP contribution in [0.15, 0.2) is 36.4 Å². The molecule has 1 aromatic carbocycles. The molecule has 120 valence electrons. The molecule has 1 amide bonds. The third kappa shape index (κ3) is 3.41. The summed E-state index contributed by atoms with van der Waals surface area (Å²) in [5.74, 6) is 0.350. The molecule has 3 nitrogen and oxygen atoms in total. The van der Waals surface area contributed by atoms with Gasteiger partial charge in [-0.25, -0.2) is 4.39 Å². The zero-order chi connectivity index (χ0) is 16.4. The van der Waals surface area contributed by atoms with E-state index < -0.39 is 0 Å². The Labute approximate surface area is 136 Å². The molecular weight excluding hydrogens is 291 g/mol. The fourth-order valence-electron chi connectivity index (χ4n) is 3.11. The maximum Gasteiger partial charge on any atom is 0.255 e. The summed E-state index contributed by atoms with van der Waals surface area (Å²) in [6.07, 6.45) is 2.25. The average molecular weight is 312 g/mol. The summed E-state index contributed by atoms with van der Waals surface area (Å²) in [7, 11) is 0. The van der Waals surface area contributed by atoms with Gasteiger partial charge in [-0.05, 0) is 62.1 Å². The number of hydrogen-bond donors (Lipinski definition) is 0. The Balaban J connectivity index is 1.84. The smallest absolute Gasteiger partial charge is 0.255 e. The van der Waals surface area contributed by atoms with Gasteiger partial charge < -0.3 is 4.90 Å². The van der Waals surface area contributed by atoms with Crippen LogP contribution in [0.3, 0.4) is 0 Å². The van der Waals surface area contributed by atoms with E-state index in [1.54, 1.807) is 12.1 Å². The molecule has 0 aliphatic carbocycles. The molecule has 1 aliphatic rings. The van der Waals surface area contributed by atoms with Gasteiger partial charge in [0.05, 0.1) is 17.0 Å². The number of piperidine rings is 1. The van der Waals surface area contributed by atoms with Gasteiger partial charge in [0, 0.05) is 18.7 Å². The summed E-state index contributed by atoms with van der Waals surface area (Å²) in [5, 5.41) is 0. The maximum atomic E-state index is 13.0. The average Bonchev–Trinajstić information content (AvgIpc) is 2.55. The first kappa shape index (κ1) is 15.7. The Morgan fingerprint density at radius 3 is 2.61 bits per heavy atom. The van der Waals surface area contributed by atoms with Gasteiger partial charge in [0.15, 0.2) is 0 Å². The van der Waals surface area contributed by atoms with Crippen molar-refractivity contribution in [3.05, 3.63) is 53.5 Å². The molecule has 0 unspecified atom stereocenters. The molecule has 0 spiro atoms. The van der Waals surface area contributed by atoms with E-state index in [-0.39, 0.29) is 11.7 Å². The van der Waals surface area contributed by atoms with Gasteiger partial charge in [0.1, 0.15) is 5.82 Å². The maximum absolute atomic E-state index is 13.0. The van der Waals surface area contributed by atoms with Crippen molar-refractivity contribution in [2.45, 2.75) is 26.7 Å². The summed E-state index contributed by atoms with van der Waals surface area (Å²) in [6.45, 7) is 5.68. The number of benzene rings is 1. The summed E-state index contributed by atoms with van der Waals surface area (Å²) in [5.41, 5.74) is 2.98. The second-order valence-corrected chi connectivity index (χ2v) is 6.33. The number of carbonyl (C=O) groups is 1. The zero-order valence-electron chi connectivity index (χ0n) is 13.6. The normalized spacial score (nSPS) is 18.0. The first-order chi connectivity index (χ1) is 11.0. The Kier molecular flexibility index (Phi) is 4.42. The molecule has 0 N–H and O–H groups in total. The van der Waals surface area contributed by atoms with Crippen LogP contribution < -0.4 is 0 Å². The van der Waals surface area contributed by atoms with Gasteiger partial charge in [0.25, 0.3) is 5.91 Å². The van der Waals surface area contributed by atoms with E-state index in [1.807, 2.05) is 24.0 Å². The lowest BCUT2D eigenvalue weighted by Crippen LogP contribution is -2.39. The minimum Gasteiger partial charge on any atom is -0.338 e. The zero-order valence-corrected chi connectivity index (χ0v) is 13.6. The molecular formula is C19H21FN2O. The number of aromatic nitrogens is 1. The lowest BCUT2D eigenvalue weighted by molar-refractivity contribution is 0.0682. The molecule has 1 fully saturated rings. The largest absolute Gasteiger partial charge is 0.338 e. The Morgan fingerprint density at radius 2 is 1.96 bits per heavy atom. The Morgan fingerprint density at radius 1 is 1.22 bits per heavy atom. The van der Waals surface area contributed by atoms with Crippen LogP contribution in [0, 0.1) is 18.7 Å².